The Labute approximate surface area is 217 Å². The molecule has 0 atom stereocenters. The van der Waals surface area contributed by atoms with Crippen LogP contribution in [-0.2, 0) is 33.5 Å². The summed E-state index contributed by atoms with van der Waals surface area (Å²) < 4.78 is 28.7. The van der Waals surface area contributed by atoms with Crippen LogP contribution >= 0.6 is 0 Å². The molecule has 5 nitrogen and oxygen atoms in total. The number of benzene rings is 4. The van der Waals surface area contributed by atoms with Crippen molar-refractivity contribution in [1.82, 2.24) is 4.57 Å². The number of nitrogens with zero attached hydrogens (tertiary/aromatic N) is 2. The molecule has 6 heteroatoms. The van der Waals surface area contributed by atoms with Crippen LogP contribution in [0.25, 0.3) is 10.9 Å². The number of para-hydroxylation sites is 2. The van der Waals surface area contributed by atoms with Gasteiger partial charge in [-0.05, 0) is 36.2 Å². The minimum Gasteiger partial charge on any atom is -0.337 e. The largest absolute Gasteiger partial charge is 0.337 e. The number of aryl methyl sites for hydroxylation is 1. The van der Waals surface area contributed by atoms with Crippen LogP contribution in [0.15, 0.2) is 120 Å². The average molecular weight is 509 g/mol. The second-order valence-electron chi connectivity index (χ2n) is 9.18. The zero-order valence-corrected chi connectivity index (χ0v) is 21.4. The zero-order valence-electron chi connectivity index (χ0n) is 20.6. The summed E-state index contributed by atoms with van der Waals surface area (Å²) in [5, 5.41) is 0.622. The molecule has 4 aromatic carbocycles. The fourth-order valence-electron chi connectivity index (χ4n) is 4.50. The van der Waals surface area contributed by atoms with E-state index in [1.54, 1.807) is 21.7 Å². The standard InChI is InChI=1S/C31H28N2O3S/c1-24-16-18-26(19-17-24)23-37(35,36)30-21-32(29-15-9-8-14-28(29)30)22-31(34)33(27-12-6-3-7-13-27)20-25-10-4-2-5-11-25/h2-19,21H,20,22-23H2,1H3. The summed E-state index contributed by atoms with van der Waals surface area (Å²) in [6.07, 6.45) is 1.61. The SMILES string of the molecule is Cc1ccc(CS(=O)(=O)c2cn(CC(=O)N(Cc3ccccc3)c3ccccc3)c3ccccc23)cc1. The third kappa shape index (κ3) is 5.49. The minimum absolute atomic E-state index is 0.0162. The fraction of sp³-hybridized carbons (Fsp3) is 0.129. The first-order valence-electron chi connectivity index (χ1n) is 12.2. The van der Waals surface area contributed by atoms with Gasteiger partial charge in [-0.1, -0.05) is 96.6 Å². The highest BCUT2D eigenvalue weighted by molar-refractivity contribution is 7.90. The van der Waals surface area contributed by atoms with E-state index in [2.05, 4.69) is 0 Å². The van der Waals surface area contributed by atoms with Gasteiger partial charge < -0.3 is 9.47 Å². The first-order valence-corrected chi connectivity index (χ1v) is 13.8. The molecule has 0 bridgehead atoms. The molecule has 1 amide bonds. The first-order chi connectivity index (χ1) is 17.9. The minimum atomic E-state index is -3.63. The van der Waals surface area contributed by atoms with E-state index in [0.717, 1.165) is 22.4 Å². The van der Waals surface area contributed by atoms with Crippen molar-refractivity contribution < 1.29 is 13.2 Å². The van der Waals surface area contributed by atoms with Crippen LogP contribution in [0.5, 0.6) is 0 Å². The summed E-state index contributed by atoms with van der Waals surface area (Å²) in [6, 6.07) is 34.2. The topological polar surface area (TPSA) is 59.4 Å². The molecule has 0 radical (unpaired) electrons. The lowest BCUT2D eigenvalue weighted by molar-refractivity contribution is -0.119. The smallest absolute Gasteiger partial charge is 0.247 e. The van der Waals surface area contributed by atoms with E-state index in [-0.39, 0.29) is 23.1 Å². The van der Waals surface area contributed by atoms with Gasteiger partial charge in [0.25, 0.3) is 0 Å². The Hall–Kier alpha value is -4.16. The summed E-state index contributed by atoms with van der Waals surface area (Å²) in [6.45, 7) is 2.41. The third-order valence-corrected chi connectivity index (χ3v) is 8.13. The molecule has 186 valence electrons. The summed E-state index contributed by atoms with van der Waals surface area (Å²) in [4.78, 5) is 15.7. The predicted octanol–water partition coefficient (Wildman–Crippen LogP) is 6.16. The number of aromatic nitrogens is 1. The lowest BCUT2D eigenvalue weighted by atomic mass is 10.2. The number of carbonyl (C=O) groups is 1. The summed E-state index contributed by atoms with van der Waals surface area (Å²) >= 11 is 0. The lowest BCUT2D eigenvalue weighted by Gasteiger charge is -2.23. The number of amides is 1. The second-order valence-corrected chi connectivity index (χ2v) is 11.1. The molecule has 0 N–H and O–H groups in total. The number of rotatable bonds is 8. The van der Waals surface area contributed by atoms with Gasteiger partial charge in [0.05, 0.1) is 17.2 Å². The van der Waals surface area contributed by atoms with Gasteiger partial charge >= 0.3 is 0 Å². The molecular weight excluding hydrogens is 480 g/mol. The molecule has 0 saturated heterocycles. The molecule has 5 rings (SSSR count). The van der Waals surface area contributed by atoms with Crippen LogP contribution in [0.4, 0.5) is 5.69 Å². The molecule has 0 spiro atoms. The van der Waals surface area contributed by atoms with Gasteiger partial charge in [0.1, 0.15) is 6.54 Å². The highest BCUT2D eigenvalue weighted by Crippen LogP contribution is 2.29. The number of anilines is 1. The molecule has 1 heterocycles. The highest BCUT2D eigenvalue weighted by Gasteiger charge is 2.24. The number of carbonyl (C=O) groups excluding carboxylic acids is 1. The Morgan fingerprint density at radius 3 is 2.08 bits per heavy atom. The molecule has 0 unspecified atom stereocenters. The molecule has 0 saturated carbocycles. The van der Waals surface area contributed by atoms with Crippen molar-refractivity contribution in [3.63, 3.8) is 0 Å². The van der Waals surface area contributed by atoms with Crippen molar-refractivity contribution in [3.8, 4) is 0 Å². The molecular formula is C31H28N2O3S. The molecule has 0 fully saturated rings. The van der Waals surface area contributed by atoms with Gasteiger partial charge in [-0.2, -0.15) is 0 Å². The van der Waals surface area contributed by atoms with E-state index in [9.17, 15) is 13.2 Å². The Balaban J connectivity index is 1.49. The van der Waals surface area contributed by atoms with Crippen LogP contribution in [0.1, 0.15) is 16.7 Å². The van der Waals surface area contributed by atoms with E-state index in [0.29, 0.717) is 17.4 Å². The van der Waals surface area contributed by atoms with Crippen molar-refractivity contribution in [1.29, 1.82) is 0 Å². The van der Waals surface area contributed by atoms with Gasteiger partial charge in [-0.15, -0.1) is 0 Å². The normalized spacial score (nSPS) is 11.5. The summed E-state index contributed by atoms with van der Waals surface area (Å²) in [5.74, 6) is -0.224. The average Bonchev–Trinajstić information content (AvgIpc) is 3.29. The van der Waals surface area contributed by atoms with Crippen LogP contribution in [0.3, 0.4) is 0 Å². The molecule has 1 aromatic heterocycles. The second kappa shape index (κ2) is 10.4. The summed E-state index contributed by atoms with van der Waals surface area (Å²) in [5.41, 5.74) is 4.33. The van der Waals surface area contributed by atoms with E-state index >= 15 is 0 Å². The van der Waals surface area contributed by atoms with Crippen molar-refractivity contribution >= 4 is 32.3 Å². The van der Waals surface area contributed by atoms with Crippen LogP contribution in [-0.4, -0.2) is 18.9 Å². The molecule has 37 heavy (non-hydrogen) atoms. The predicted molar refractivity (Wildman–Crippen MR) is 148 cm³/mol. The first kappa shape index (κ1) is 24.5. The van der Waals surface area contributed by atoms with Crippen LogP contribution < -0.4 is 4.90 Å². The Bertz CT molecular complexity index is 1630. The van der Waals surface area contributed by atoms with Crippen molar-refractivity contribution in [2.75, 3.05) is 4.90 Å². The number of sulfone groups is 1. The fourth-order valence-corrected chi connectivity index (χ4v) is 6.08. The lowest BCUT2D eigenvalue weighted by Crippen LogP contribution is -2.33. The third-order valence-electron chi connectivity index (χ3n) is 6.42. The van der Waals surface area contributed by atoms with Gasteiger partial charge in [0.2, 0.25) is 5.91 Å². The van der Waals surface area contributed by atoms with E-state index < -0.39 is 9.84 Å². The monoisotopic (exact) mass is 508 g/mol. The summed E-state index contributed by atoms with van der Waals surface area (Å²) in [7, 11) is -3.63. The Morgan fingerprint density at radius 1 is 0.757 bits per heavy atom. The van der Waals surface area contributed by atoms with E-state index in [1.165, 1.54) is 0 Å². The number of fused-ring (bicyclic) bond motifs is 1. The van der Waals surface area contributed by atoms with Crippen molar-refractivity contribution in [2.45, 2.75) is 30.7 Å². The molecule has 0 aliphatic carbocycles. The Morgan fingerprint density at radius 2 is 1.38 bits per heavy atom. The van der Waals surface area contributed by atoms with Gasteiger partial charge in [-0.3, -0.25) is 4.79 Å². The van der Waals surface area contributed by atoms with Gasteiger partial charge in [0, 0.05) is 22.8 Å². The van der Waals surface area contributed by atoms with Gasteiger partial charge in [0.15, 0.2) is 9.84 Å². The highest BCUT2D eigenvalue weighted by atomic mass is 32.2. The molecule has 0 aliphatic heterocycles. The number of hydrogen-bond donors (Lipinski definition) is 0. The molecule has 0 aliphatic rings. The zero-order chi connectivity index (χ0) is 25.8. The quantitative estimate of drug-likeness (QED) is 0.252. The van der Waals surface area contributed by atoms with E-state index in [1.807, 2.05) is 110 Å². The maximum atomic E-state index is 13.7. The number of hydrogen-bond acceptors (Lipinski definition) is 3. The molecule has 5 aromatic rings. The van der Waals surface area contributed by atoms with Crippen molar-refractivity contribution in [2.24, 2.45) is 0 Å². The maximum Gasteiger partial charge on any atom is 0.247 e. The Kier molecular flexibility index (Phi) is 6.93. The van der Waals surface area contributed by atoms with Gasteiger partial charge in [-0.25, -0.2) is 8.42 Å². The van der Waals surface area contributed by atoms with E-state index in [4.69, 9.17) is 0 Å². The maximum absolute atomic E-state index is 13.7. The van der Waals surface area contributed by atoms with Crippen LogP contribution in [0, 0.1) is 6.92 Å². The van der Waals surface area contributed by atoms with Crippen molar-refractivity contribution in [3.05, 3.63) is 132 Å². The van der Waals surface area contributed by atoms with Crippen LogP contribution in [0.2, 0.25) is 0 Å².